The molecular weight excluding hydrogens is 594 g/mol. The molecule has 0 aliphatic heterocycles. The number of benzene rings is 4. The summed E-state index contributed by atoms with van der Waals surface area (Å²) in [4.78, 5) is 26.4. The Hall–Kier alpha value is -4.85. The van der Waals surface area contributed by atoms with Crippen LogP contribution in [-0.2, 0) is 22.6 Å². The minimum absolute atomic E-state index is 0.273. The number of carbonyl (C=O) groups is 2. The molecule has 2 aromatic heterocycles. The first-order valence-electron chi connectivity index (χ1n) is 14.0. The highest BCUT2D eigenvalue weighted by Gasteiger charge is 2.24. The Morgan fingerprint density at radius 3 is 2.39 bits per heavy atom. The van der Waals surface area contributed by atoms with Crippen LogP contribution in [0.15, 0.2) is 120 Å². The van der Waals surface area contributed by atoms with Crippen molar-refractivity contribution in [2.45, 2.75) is 19.1 Å². The molecule has 6 nitrogen and oxygen atoms in total. The Balaban J connectivity index is 1.10. The fourth-order valence-electron chi connectivity index (χ4n) is 4.92. The van der Waals surface area contributed by atoms with E-state index in [-0.39, 0.29) is 12.3 Å². The molecule has 220 valence electrons. The van der Waals surface area contributed by atoms with E-state index in [9.17, 15) is 9.59 Å². The number of ether oxygens (including phenoxy) is 2. The summed E-state index contributed by atoms with van der Waals surface area (Å²) in [5.41, 5.74) is 4.92. The first kappa shape index (κ1) is 29.2. The summed E-state index contributed by atoms with van der Waals surface area (Å²) in [7, 11) is 1.32. The van der Waals surface area contributed by atoms with Gasteiger partial charge in [-0.05, 0) is 88.3 Å². The van der Waals surface area contributed by atoms with Gasteiger partial charge in [0.2, 0.25) is 0 Å². The molecule has 1 N–H and O–H groups in total. The lowest BCUT2D eigenvalue weighted by Crippen LogP contribution is -2.42. The molecule has 1 atom stereocenters. The summed E-state index contributed by atoms with van der Waals surface area (Å²) in [6, 6.07) is 33.9. The van der Waals surface area contributed by atoms with Crippen molar-refractivity contribution >= 4 is 44.9 Å². The van der Waals surface area contributed by atoms with Gasteiger partial charge >= 0.3 is 5.97 Å². The van der Waals surface area contributed by atoms with Crippen molar-refractivity contribution in [1.29, 1.82) is 0 Å². The van der Waals surface area contributed by atoms with E-state index in [1.165, 1.54) is 18.4 Å². The summed E-state index contributed by atoms with van der Waals surface area (Å²) in [5, 5.41) is 4.50. The largest absolute Gasteiger partial charge is 0.489 e. The third-order valence-corrected chi connectivity index (χ3v) is 8.58. The minimum atomic E-state index is -0.849. The molecule has 0 radical (unpaired) electrons. The van der Waals surface area contributed by atoms with Gasteiger partial charge in [0.25, 0.3) is 5.91 Å². The smallest absolute Gasteiger partial charge is 0.328 e. The van der Waals surface area contributed by atoms with Gasteiger partial charge in [0, 0.05) is 21.7 Å². The number of rotatable bonds is 10. The zero-order valence-corrected chi connectivity index (χ0v) is 25.4. The second-order valence-electron chi connectivity index (χ2n) is 10.2. The molecule has 44 heavy (non-hydrogen) atoms. The lowest BCUT2D eigenvalue weighted by molar-refractivity contribution is -0.142. The first-order chi connectivity index (χ1) is 21.4. The lowest BCUT2D eigenvalue weighted by atomic mass is 10.0. The summed E-state index contributed by atoms with van der Waals surface area (Å²) in [5.74, 6) is 0.658. The van der Waals surface area contributed by atoms with Crippen LogP contribution >= 0.6 is 22.9 Å². The van der Waals surface area contributed by atoms with Gasteiger partial charge in [-0.15, -0.1) is 11.3 Å². The molecular formula is C36H28ClNO5S. The molecule has 2 heterocycles. The molecule has 0 spiro atoms. The van der Waals surface area contributed by atoms with Crippen LogP contribution in [-0.4, -0.2) is 25.0 Å². The highest BCUT2D eigenvalue weighted by atomic mass is 35.5. The second-order valence-corrected chi connectivity index (χ2v) is 11.8. The fraction of sp³-hybridized carbons (Fsp3) is 0.111. The monoisotopic (exact) mass is 621 g/mol. The maximum Gasteiger partial charge on any atom is 0.328 e. The van der Waals surface area contributed by atoms with E-state index in [4.69, 9.17) is 25.5 Å². The van der Waals surface area contributed by atoms with Crippen molar-refractivity contribution in [3.05, 3.63) is 136 Å². The number of fused-ring (bicyclic) bond motifs is 1. The molecule has 1 unspecified atom stereocenters. The van der Waals surface area contributed by atoms with Crippen LogP contribution in [0.25, 0.3) is 32.5 Å². The van der Waals surface area contributed by atoms with E-state index in [0.29, 0.717) is 22.3 Å². The summed E-state index contributed by atoms with van der Waals surface area (Å²) in [6.07, 6.45) is 1.93. The van der Waals surface area contributed by atoms with E-state index >= 15 is 0 Å². The predicted octanol–water partition coefficient (Wildman–Crippen LogP) is 8.57. The van der Waals surface area contributed by atoms with Crippen LogP contribution in [0, 0.1) is 0 Å². The third kappa shape index (κ3) is 6.86. The molecule has 0 bridgehead atoms. The Morgan fingerprint density at radius 2 is 1.64 bits per heavy atom. The third-order valence-electron chi connectivity index (χ3n) is 7.21. The topological polar surface area (TPSA) is 77.8 Å². The predicted molar refractivity (Wildman–Crippen MR) is 174 cm³/mol. The zero-order chi connectivity index (χ0) is 30.5. The number of amides is 1. The van der Waals surface area contributed by atoms with Crippen molar-refractivity contribution in [2.24, 2.45) is 0 Å². The molecule has 6 aromatic rings. The van der Waals surface area contributed by atoms with Crippen LogP contribution in [0.1, 0.15) is 20.8 Å². The SMILES string of the molecule is COC(=O)C(Cc1ccc(OCc2cccc(-c3ccco3)c2)cc1)NC(=O)c1cc2cc(-c3ccc(Cl)cc3)ccc2s1. The number of carbonyl (C=O) groups excluding carboxylic acids is 2. The molecule has 0 aliphatic rings. The van der Waals surface area contributed by atoms with Crippen molar-refractivity contribution in [2.75, 3.05) is 7.11 Å². The number of nitrogens with one attached hydrogen (secondary N) is 1. The fourth-order valence-corrected chi connectivity index (χ4v) is 6.00. The Labute approximate surface area is 263 Å². The van der Waals surface area contributed by atoms with E-state index in [0.717, 1.165) is 43.7 Å². The van der Waals surface area contributed by atoms with Crippen LogP contribution in [0.4, 0.5) is 0 Å². The van der Waals surface area contributed by atoms with Gasteiger partial charge in [0.05, 0.1) is 18.3 Å². The molecule has 0 saturated carbocycles. The van der Waals surface area contributed by atoms with Crippen molar-refractivity contribution in [3.63, 3.8) is 0 Å². The van der Waals surface area contributed by atoms with Crippen LogP contribution in [0.3, 0.4) is 0 Å². The van der Waals surface area contributed by atoms with Gasteiger partial charge < -0.3 is 19.2 Å². The van der Waals surface area contributed by atoms with E-state index in [1.54, 1.807) is 6.26 Å². The van der Waals surface area contributed by atoms with Gasteiger partial charge in [0.15, 0.2) is 0 Å². The molecule has 0 aliphatic carbocycles. The Bertz CT molecular complexity index is 1900. The van der Waals surface area contributed by atoms with Crippen LogP contribution < -0.4 is 10.1 Å². The number of hydrogen-bond donors (Lipinski definition) is 1. The highest BCUT2D eigenvalue weighted by Crippen LogP contribution is 2.31. The minimum Gasteiger partial charge on any atom is -0.489 e. The van der Waals surface area contributed by atoms with Crippen molar-refractivity contribution in [1.82, 2.24) is 5.32 Å². The van der Waals surface area contributed by atoms with Gasteiger partial charge in [-0.3, -0.25) is 4.79 Å². The van der Waals surface area contributed by atoms with Crippen LogP contribution in [0.5, 0.6) is 5.75 Å². The first-order valence-corrected chi connectivity index (χ1v) is 15.2. The number of methoxy groups -OCH3 is 1. The van der Waals surface area contributed by atoms with Gasteiger partial charge in [-0.25, -0.2) is 4.79 Å². The quantitative estimate of drug-likeness (QED) is 0.155. The summed E-state index contributed by atoms with van der Waals surface area (Å²) < 4.78 is 17.5. The standard InChI is InChI=1S/C36H28ClNO5S/c1-41-36(40)31(38-35(39)34-21-28-20-26(11-16-33(28)44-34)25-9-12-29(37)13-10-25)19-23-7-14-30(15-8-23)43-22-24-4-2-5-27(18-24)32-6-3-17-42-32/h2-18,20-21,31H,19,22H2,1H3,(H,38,39). The van der Waals surface area contributed by atoms with Gasteiger partial charge in [0.1, 0.15) is 24.2 Å². The average Bonchev–Trinajstić information content (AvgIpc) is 3.75. The number of hydrogen-bond acceptors (Lipinski definition) is 6. The molecule has 6 rings (SSSR count). The van der Waals surface area contributed by atoms with Crippen LogP contribution in [0.2, 0.25) is 5.02 Å². The average molecular weight is 622 g/mol. The van der Waals surface area contributed by atoms with Gasteiger partial charge in [-0.1, -0.05) is 60.1 Å². The van der Waals surface area contributed by atoms with E-state index < -0.39 is 12.0 Å². The molecule has 0 fully saturated rings. The Kier molecular flexibility index (Phi) is 8.77. The number of halogens is 1. The van der Waals surface area contributed by atoms with Crippen molar-refractivity contribution in [3.8, 4) is 28.2 Å². The molecule has 1 amide bonds. The molecule has 4 aromatic carbocycles. The summed E-state index contributed by atoms with van der Waals surface area (Å²) >= 11 is 7.41. The van der Waals surface area contributed by atoms with E-state index in [2.05, 4.69) is 5.32 Å². The van der Waals surface area contributed by atoms with E-state index in [1.807, 2.05) is 109 Å². The number of thiophene rings is 1. The highest BCUT2D eigenvalue weighted by molar-refractivity contribution is 7.20. The number of furan rings is 1. The maximum absolute atomic E-state index is 13.3. The second kappa shape index (κ2) is 13.2. The number of esters is 1. The Morgan fingerprint density at radius 1 is 0.841 bits per heavy atom. The summed E-state index contributed by atoms with van der Waals surface area (Å²) in [6.45, 7) is 0.394. The zero-order valence-electron chi connectivity index (χ0n) is 23.8. The lowest BCUT2D eigenvalue weighted by Gasteiger charge is -2.16. The van der Waals surface area contributed by atoms with Gasteiger partial charge in [-0.2, -0.15) is 0 Å². The maximum atomic E-state index is 13.3. The normalized spacial score (nSPS) is 11.7. The molecule has 8 heteroatoms. The van der Waals surface area contributed by atoms with Crippen molar-refractivity contribution < 1.29 is 23.5 Å². The molecule has 0 saturated heterocycles.